The molecule has 0 unspecified atom stereocenters. The molecule has 1 aliphatic heterocycles. The van der Waals surface area contributed by atoms with E-state index in [0.29, 0.717) is 13.0 Å². The van der Waals surface area contributed by atoms with Crippen LogP contribution in [0.25, 0.3) is 30.0 Å². The summed E-state index contributed by atoms with van der Waals surface area (Å²) < 4.78 is 12.5. The number of carbonyl (C=O) groups excluding carboxylic acids is 1. The first-order chi connectivity index (χ1) is 19.2. The standard InChI is InChI=1S/C32H43N5O3/c1-7-28(34-13-14-37-15-18-40-19-16-37)21-25-8-9-26(20-24(25)2)30-11-10-29(36(30)5)22-27(23-33)31(38)35-32(3,4)12-17-39-6/h7-11,20-22,34H,2,12-19H2,1,3-6H3,(H,35,38)/b25-21-,27-22+,28-7?. The summed E-state index contributed by atoms with van der Waals surface area (Å²) in [6.45, 7) is 16.1. The van der Waals surface area contributed by atoms with Crippen molar-refractivity contribution >= 4 is 24.6 Å². The molecule has 0 atom stereocenters. The second-order valence-electron chi connectivity index (χ2n) is 10.6. The Morgan fingerprint density at radius 3 is 2.65 bits per heavy atom. The van der Waals surface area contributed by atoms with Gasteiger partial charge in [0.05, 0.1) is 13.2 Å². The van der Waals surface area contributed by atoms with Gasteiger partial charge in [-0.3, -0.25) is 9.69 Å². The normalized spacial score (nSPS) is 15.7. The number of hydrogen-bond acceptors (Lipinski definition) is 6. The number of morpholine rings is 1. The maximum absolute atomic E-state index is 12.8. The van der Waals surface area contributed by atoms with E-state index < -0.39 is 11.4 Å². The average Bonchev–Trinajstić information content (AvgIpc) is 3.30. The molecule has 1 fully saturated rings. The number of rotatable bonds is 12. The van der Waals surface area contributed by atoms with Crippen molar-refractivity contribution in [3.63, 3.8) is 0 Å². The molecular formula is C32H43N5O3. The number of benzene rings is 1. The lowest BCUT2D eigenvalue weighted by atomic mass is 10.0. The summed E-state index contributed by atoms with van der Waals surface area (Å²) in [4.78, 5) is 15.2. The van der Waals surface area contributed by atoms with Gasteiger partial charge in [0.15, 0.2) is 0 Å². The van der Waals surface area contributed by atoms with Crippen LogP contribution < -0.4 is 21.1 Å². The number of carbonyl (C=O) groups is 1. The Balaban J connectivity index is 1.73. The fraction of sp³-hybridized carbons (Fsp3) is 0.438. The maximum atomic E-state index is 12.8. The number of aromatic nitrogens is 1. The Morgan fingerprint density at radius 1 is 1.25 bits per heavy atom. The van der Waals surface area contributed by atoms with Crippen LogP contribution in [0.5, 0.6) is 0 Å². The number of amides is 1. The van der Waals surface area contributed by atoms with Crippen molar-refractivity contribution in [1.29, 1.82) is 5.26 Å². The molecule has 2 heterocycles. The van der Waals surface area contributed by atoms with Crippen molar-refractivity contribution in [2.24, 2.45) is 7.05 Å². The second-order valence-corrected chi connectivity index (χ2v) is 10.6. The highest BCUT2D eigenvalue weighted by molar-refractivity contribution is 6.02. The molecular weight excluding hydrogens is 502 g/mol. The first kappa shape index (κ1) is 30.9. The molecule has 0 bridgehead atoms. The van der Waals surface area contributed by atoms with Gasteiger partial charge in [-0.1, -0.05) is 24.8 Å². The summed E-state index contributed by atoms with van der Waals surface area (Å²) in [6, 6.07) is 12.2. The van der Waals surface area contributed by atoms with Gasteiger partial charge in [-0.2, -0.15) is 5.26 Å². The zero-order valence-corrected chi connectivity index (χ0v) is 24.5. The molecule has 3 rings (SSSR count). The van der Waals surface area contributed by atoms with Crippen LogP contribution in [0.3, 0.4) is 0 Å². The van der Waals surface area contributed by atoms with Crippen LogP contribution in [-0.2, 0) is 21.3 Å². The number of nitriles is 1. The minimum atomic E-state index is -0.489. The number of ether oxygens (including phenoxy) is 2. The topological polar surface area (TPSA) is 91.6 Å². The second kappa shape index (κ2) is 14.7. The smallest absolute Gasteiger partial charge is 0.262 e. The van der Waals surface area contributed by atoms with Gasteiger partial charge in [0.1, 0.15) is 11.6 Å². The third-order valence-corrected chi connectivity index (χ3v) is 7.12. The molecule has 40 heavy (non-hydrogen) atoms. The zero-order valence-electron chi connectivity index (χ0n) is 24.5. The molecule has 1 amide bonds. The molecule has 1 aliphatic rings. The van der Waals surface area contributed by atoms with Crippen LogP contribution in [-0.4, -0.2) is 74.0 Å². The number of allylic oxidation sites excluding steroid dienone is 2. The summed E-state index contributed by atoms with van der Waals surface area (Å²) in [5.41, 5.74) is 3.37. The largest absolute Gasteiger partial charge is 0.385 e. The van der Waals surface area contributed by atoms with E-state index in [0.717, 1.165) is 72.5 Å². The molecule has 1 aromatic heterocycles. The molecule has 0 saturated carbocycles. The summed E-state index contributed by atoms with van der Waals surface area (Å²) in [6.07, 6.45) is 6.46. The predicted molar refractivity (Wildman–Crippen MR) is 161 cm³/mol. The van der Waals surface area contributed by atoms with Crippen LogP contribution in [0, 0.1) is 11.3 Å². The van der Waals surface area contributed by atoms with E-state index >= 15 is 0 Å². The van der Waals surface area contributed by atoms with Crippen molar-refractivity contribution < 1.29 is 14.3 Å². The lowest BCUT2D eigenvalue weighted by molar-refractivity contribution is -0.118. The molecule has 2 aromatic rings. The predicted octanol–water partition coefficient (Wildman–Crippen LogP) is 2.55. The molecule has 0 aliphatic carbocycles. The first-order valence-corrected chi connectivity index (χ1v) is 13.8. The highest BCUT2D eigenvalue weighted by Gasteiger charge is 2.22. The maximum Gasteiger partial charge on any atom is 0.262 e. The van der Waals surface area contributed by atoms with E-state index in [1.54, 1.807) is 13.2 Å². The first-order valence-electron chi connectivity index (χ1n) is 13.8. The fourth-order valence-corrected chi connectivity index (χ4v) is 4.55. The Labute approximate surface area is 238 Å². The Bertz CT molecular complexity index is 1370. The van der Waals surface area contributed by atoms with E-state index in [1.165, 1.54) is 0 Å². The van der Waals surface area contributed by atoms with Crippen molar-refractivity contribution in [3.05, 3.63) is 63.8 Å². The molecule has 8 heteroatoms. The van der Waals surface area contributed by atoms with Crippen LogP contribution in [0.4, 0.5) is 0 Å². The minimum absolute atomic E-state index is 0.0565. The van der Waals surface area contributed by atoms with Gasteiger partial charge in [-0.05, 0) is 73.5 Å². The third-order valence-electron chi connectivity index (χ3n) is 7.12. The van der Waals surface area contributed by atoms with Gasteiger partial charge in [0, 0.05) is 69.6 Å². The summed E-state index contributed by atoms with van der Waals surface area (Å²) in [5.74, 6) is -0.398. The number of methoxy groups -OCH3 is 1. The molecule has 1 aromatic carbocycles. The lowest BCUT2D eigenvalue weighted by Gasteiger charge is -2.26. The molecule has 0 radical (unpaired) electrons. The van der Waals surface area contributed by atoms with Gasteiger partial charge >= 0.3 is 0 Å². The molecule has 1 saturated heterocycles. The Hall–Kier alpha value is -3.64. The van der Waals surface area contributed by atoms with E-state index in [2.05, 4.69) is 52.5 Å². The monoisotopic (exact) mass is 545 g/mol. The fourth-order valence-electron chi connectivity index (χ4n) is 4.55. The molecule has 8 nitrogen and oxygen atoms in total. The van der Waals surface area contributed by atoms with E-state index in [-0.39, 0.29) is 5.57 Å². The van der Waals surface area contributed by atoms with Crippen LogP contribution in [0.15, 0.2) is 47.7 Å². The van der Waals surface area contributed by atoms with Crippen molar-refractivity contribution in [2.45, 2.75) is 32.7 Å². The van der Waals surface area contributed by atoms with Crippen molar-refractivity contribution in [2.75, 3.05) is 53.1 Å². The molecule has 0 spiro atoms. The zero-order chi connectivity index (χ0) is 29.1. The van der Waals surface area contributed by atoms with Gasteiger partial charge < -0.3 is 24.7 Å². The van der Waals surface area contributed by atoms with E-state index in [4.69, 9.17) is 9.47 Å². The average molecular weight is 546 g/mol. The van der Waals surface area contributed by atoms with Gasteiger partial charge in [0.2, 0.25) is 0 Å². The Kier molecular flexibility index (Phi) is 11.3. The van der Waals surface area contributed by atoms with E-state index in [9.17, 15) is 10.1 Å². The number of hydrogen-bond donors (Lipinski definition) is 2. The van der Waals surface area contributed by atoms with Crippen LogP contribution in [0.1, 0.15) is 32.9 Å². The van der Waals surface area contributed by atoms with Gasteiger partial charge in [0.25, 0.3) is 5.91 Å². The summed E-state index contributed by atoms with van der Waals surface area (Å²) in [7, 11) is 3.55. The molecule has 214 valence electrons. The SMILES string of the molecule is C=c1cc(-c2ccc(/C=C(\C#N)C(=O)NC(C)(C)CCOC)n2C)cc/c1=C/C(=CC)NCCN1CCOCC1. The number of nitrogens with zero attached hydrogens (tertiary/aromatic N) is 3. The van der Waals surface area contributed by atoms with Crippen molar-refractivity contribution in [1.82, 2.24) is 20.1 Å². The molecule has 2 N–H and O–H groups in total. The third kappa shape index (κ3) is 8.68. The van der Waals surface area contributed by atoms with Crippen LogP contribution in [0.2, 0.25) is 0 Å². The lowest BCUT2D eigenvalue weighted by Crippen LogP contribution is -2.44. The van der Waals surface area contributed by atoms with E-state index in [1.807, 2.05) is 50.6 Å². The van der Waals surface area contributed by atoms with Gasteiger partial charge in [-0.25, -0.2) is 0 Å². The van der Waals surface area contributed by atoms with Crippen LogP contribution >= 0.6 is 0 Å². The highest BCUT2D eigenvalue weighted by Crippen LogP contribution is 2.22. The Morgan fingerprint density at radius 2 is 2.00 bits per heavy atom. The van der Waals surface area contributed by atoms with Crippen molar-refractivity contribution in [3.8, 4) is 17.3 Å². The summed E-state index contributed by atoms with van der Waals surface area (Å²) in [5, 5.41) is 18.1. The summed E-state index contributed by atoms with van der Waals surface area (Å²) >= 11 is 0. The van der Waals surface area contributed by atoms with Gasteiger partial charge in [-0.15, -0.1) is 0 Å². The minimum Gasteiger partial charge on any atom is -0.385 e. The number of nitrogens with one attached hydrogen (secondary N) is 2. The highest BCUT2D eigenvalue weighted by atomic mass is 16.5. The quantitative estimate of drug-likeness (QED) is 0.315.